The first-order valence-corrected chi connectivity index (χ1v) is 8.59. The van der Waals surface area contributed by atoms with Crippen molar-refractivity contribution in [3.63, 3.8) is 0 Å². The molecule has 0 radical (unpaired) electrons. The van der Waals surface area contributed by atoms with Gasteiger partial charge in [0.25, 0.3) is 0 Å². The van der Waals surface area contributed by atoms with Gasteiger partial charge < -0.3 is 10.1 Å². The third-order valence-electron chi connectivity index (χ3n) is 4.03. The Hall–Kier alpha value is -2.62. The van der Waals surface area contributed by atoms with E-state index in [9.17, 15) is 9.59 Å². The van der Waals surface area contributed by atoms with Gasteiger partial charge in [-0.3, -0.25) is 9.59 Å². The molecule has 0 fully saturated rings. The third kappa shape index (κ3) is 3.90. The van der Waals surface area contributed by atoms with Crippen molar-refractivity contribution in [1.82, 2.24) is 0 Å². The van der Waals surface area contributed by atoms with Gasteiger partial charge >= 0.3 is 5.97 Å². The monoisotopic (exact) mass is 337 g/mol. The van der Waals surface area contributed by atoms with Gasteiger partial charge in [0, 0.05) is 29.8 Å². The SMILES string of the molecule is CC(C)(C)OC(=O)CCCNc1ccc2c(c1)C(=O)c1ccccc1-2. The Morgan fingerprint density at radius 3 is 2.40 bits per heavy atom. The van der Waals surface area contributed by atoms with Gasteiger partial charge in [-0.15, -0.1) is 0 Å². The number of anilines is 1. The second-order valence-corrected chi connectivity index (χ2v) is 7.25. The zero-order valence-corrected chi connectivity index (χ0v) is 14.9. The fraction of sp³-hybridized carbons (Fsp3) is 0.333. The number of ketones is 1. The van der Waals surface area contributed by atoms with Crippen LogP contribution in [0.15, 0.2) is 42.5 Å². The fourth-order valence-electron chi connectivity index (χ4n) is 3.00. The molecule has 0 saturated heterocycles. The van der Waals surface area contributed by atoms with Crippen LogP contribution in [0.4, 0.5) is 5.69 Å². The highest BCUT2D eigenvalue weighted by Crippen LogP contribution is 2.37. The molecule has 2 aromatic carbocycles. The molecule has 0 heterocycles. The summed E-state index contributed by atoms with van der Waals surface area (Å²) in [6.07, 6.45) is 1.06. The highest BCUT2D eigenvalue weighted by molar-refractivity contribution is 6.22. The number of nitrogens with one attached hydrogen (secondary N) is 1. The fourth-order valence-corrected chi connectivity index (χ4v) is 3.00. The zero-order valence-electron chi connectivity index (χ0n) is 14.9. The predicted molar refractivity (Wildman–Crippen MR) is 98.9 cm³/mol. The smallest absolute Gasteiger partial charge is 0.306 e. The molecule has 4 heteroatoms. The van der Waals surface area contributed by atoms with E-state index in [0.29, 0.717) is 19.4 Å². The third-order valence-corrected chi connectivity index (χ3v) is 4.03. The second kappa shape index (κ2) is 6.71. The molecule has 2 aromatic rings. The van der Waals surface area contributed by atoms with Gasteiger partial charge in [0.15, 0.2) is 5.78 Å². The molecule has 0 amide bonds. The van der Waals surface area contributed by atoms with Crippen LogP contribution in [0, 0.1) is 0 Å². The van der Waals surface area contributed by atoms with E-state index in [1.807, 2.05) is 63.2 Å². The number of carbonyl (C=O) groups is 2. The second-order valence-electron chi connectivity index (χ2n) is 7.25. The molecule has 0 atom stereocenters. The normalized spacial score (nSPS) is 12.5. The molecule has 0 spiro atoms. The van der Waals surface area contributed by atoms with E-state index in [-0.39, 0.29) is 11.8 Å². The summed E-state index contributed by atoms with van der Waals surface area (Å²) in [7, 11) is 0. The Labute approximate surface area is 148 Å². The molecular weight excluding hydrogens is 314 g/mol. The van der Waals surface area contributed by atoms with E-state index in [4.69, 9.17) is 4.74 Å². The highest BCUT2D eigenvalue weighted by Gasteiger charge is 2.26. The van der Waals surface area contributed by atoms with E-state index >= 15 is 0 Å². The van der Waals surface area contributed by atoms with Gasteiger partial charge in [-0.1, -0.05) is 30.3 Å². The molecular formula is C21H23NO3. The molecule has 0 aromatic heterocycles. The van der Waals surface area contributed by atoms with Crippen LogP contribution in [-0.4, -0.2) is 23.9 Å². The van der Waals surface area contributed by atoms with Gasteiger partial charge in [0.1, 0.15) is 5.60 Å². The topological polar surface area (TPSA) is 55.4 Å². The molecule has 1 aliphatic carbocycles. The van der Waals surface area contributed by atoms with Gasteiger partial charge in [-0.25, -0.2) is 0 Å². The lowest BCUT2D eigenvalue weighted by atomic mass is 10.1. The van der Waals surface area contributed by atoms with Crippen LogP contribution in [0.25, 0.3) is 11.1 Å². The standard InChI is InChI=1S/C21H23NO3/c1-21(2,3)25-19(23)9-6-12-22-14-10-11-16-15-7-4-5-8-17(15)20(24)18(16)13-14/h4-5,7-8,10-11,13,22H,6,9,12H2,1-3H3. The Kier molecular flexibility index (Phi) is 4.62. The van der Waals surface area contributed by atoms with Crippen molar-refractivity contribution in [3.8, 4) is 11.1 Å². The number of fused-ring (bicyclic) bond motifs is 3. The van der Waals surface area contributed by atoms with Crippen molar-refractivity contribution in [2.45, 2.75) is 39.2 Å². The van der Waals surface area contributed by atoms with Crippen LogP contribution in [0.5, 0.6) is 0 Å². The van der Waals surface area contributed by atoms with Crippen LogP contribution in [-0.2, 0) is 9.53 Å². The molecule has 3 rings (SSSR count). The van der Waals surface area contributed by atoms with Gasteiger partial charge in [-0.2, -0.15) is 0 Å². The Morgan fingerprint density at radius 1 is 1.00 bits per heavy atom. The minimum atomic E-state index is -0.445. The summed E-state index contributed by atoms with van der Waals surface area (Å²) in [6, 6.07) is 13.5. The maximum absolute atomic E-state index is 12.5. The van der Waals surface area contributed by atoms with Crippen molar-refractivity contribution in [2.75, 3.05) is 11.9 Å². The van der Waals surface area contributed by atoms with Crippen molar-refractivity contribution in [2.24, 2.45) is 0 Å². The summed E-state index contributed by atoms with van der Waals surface area (Å²) in [5.41, 5.74) is 3.93. The summed E-state index contributed by atoms with van der Waals surface area (Å²) in [5.74, 6) is -0.114. The summed E-state index contributed by atoms with van der Waals surface area (Å²) >= 11 is 0. The molecule has 1 N–H and O–H groups in total. The quantitative estimate of drug-likeness (QED) is 0.553. The number of esters is 1. The molecule has 25 heavy (non-hydrogen) atoms. The molecule has 0 saturated carbocycles. The minimum Gasteiger partial charge on any atom is -0.460 e. The molecule has 0 unspecified atom stereocenters. The molecule has 4 nitrogen and oxygen atoms in total. The zero-order chi connectivity index (χ0) is 18.0. The van der Waals surface area contributed by atoms with E-state index < -0.39 is 5.60 Å². The number of ether oxygens (including phenoxy) is 1. The van der Waals surface area contributed by atoms with Crippen LogP contribution in [0.1, 0.15) is 49.5 Å². The molecule has 130 valence electrons. The first kappa shape index (κ1) is 17.2. The molecule has 0 bridgehead atoms. The van der Waals surface area contributed by atoms with Gasteiger partial charge in [0.05, 0.1) is 0 Å². The maximum Gasteiger partial charge on any atom is 0.306 e. The first-order valence-electron chi connectivity index (χ1n) is 8.59. The minimum absolute atomic E-state index is 0.0722. The van der Waals surface area contributed by atoms with Crippen LogP contribution >= 0.6 is 0 Å². The Morgan fingerprint density at radius 2 is 1.68 bits per heavy atom. The number of rotatable bonds is 5. The maximum atomic E-state index is 12.5. The number of benzene rings is 2. The number of carbonyl (C=O) groups excluding carboxylic acids is 2. The lowest BCUT2D eigenvalue weighted by Gasteiger charge is -2.19. The lowest BCUT2D eigenvalue weighted by Crippen LogP contribution is -2.24. The lowest BCUT2D eigenvalue weighted by molar-refractivity contribution is -0.154. The van der Waals surface area contributed by atoms with Gasteiger partial charge in [-0.05, 0) is 50.5 Å². The Balaban J connectivity index is 1.58. The van der Waals surface area contributed by atoms with Crippen LogP contribution in [0.2, 0.25) is 0 Å². The van der Waals surface area contributed by atoms with Crippen molar-refractivity contribution < 1.29 is 14.3 Å². The van der Waals surface area contributed by atoms with Crippen molar-refractivity contribution >= 4 is 17.4 Å². The van der Waals surface area contributed by atoms with Crippen LogP contribution < -0.4 is 5.32 Å². The average molecular weight is 337 g/mol. The highest BCUT2D eigenvalue weighted by atomic mass is 16.6. The van der Waals surface area contributed by atoms with Crippen molar-refractivity contribution in [3.05, 3.63) is 53.6 Å². The largest absolute Gasteiger partial charge is 0.460 e. The number of hydrogen-bond acceptors (Lipinski definition) is 4. The first-order chi connectivity index (χ1) is 11.8. The average Bonchev–Trinajstić information content (AvgIpc) is 2.83. The summed E-state index contributed by atoms with van der Waals surface area (Å²) in [6.45, 7) is 6.24. The summed E-state index contributed by atoms with van der Waals surface area (Å²) in [4.78, 5) is 24.2. The molecule has 1 aliphatic rings. The van der Waals surface area contributed by atoms with E-state index in [1.165, 1.54) is 0 Å². The van der Waals surface area contributed by atoms with E-state index in [1.54, 1.807) is 0 Å². The van der Waals surface area contributed by atoms with Gasteiger partial charge in [0.2, 0.25) is 0 Å². The Bertz CT molecular complexity index is 818. The van der Waals surface area contributed by atoms with Crippen molar-refractivity contribution in [1.29, 1.82) is 0 Å². The summed E-state index contributed by atoms with van der Waals surface area (Å²) < 4.78 is 5.29. The van der Waals surface area contributed by atoms with E-state index in [0.717, 1.165) is 27.9 Å². The number of hydrogen-bond donors (Lipinski definition) is 1. The molecule has 0 aliphatic heterocycles. The van der Waals surface area contributed by atoms with Crippen LogP contribution in [0.3, 0.4) is 0 Å². The predicted octanol–water partition coefficient (Wildman–Crippen LogP) is 4.43. The summed E-state index contributed by atoms with van der Waals surface area (Å²) in [5, 5.41) is 3.28. The van der Waals surface area contributed by atoms with E-state index in [2.05, 4.69) is 5.32 Å².